The minimum absolute atomic E-state index is 0.165. The Kier molecular flexibility index (Phi) is 3.20. The van der Waals surface area contributed by atoms with Crippen molar-refractivity contribution in [3.63, 3.8) is 0 Å². The van der Waals surface area contributed by atoms with E-state index < -0.39 is 0 Å². The molecule has 0 bridgehead atoms. The summed E-state index contributed by atoms with van der Waals surface area (Å²) in [4.78, 5) is 20.9. The van der Waals surface area contributed by atoms with E-state index in [0.29, 0.717) is 28.3 Å². The minimum Gasteiger partial charge on any atom is -0.287 e. The van der Waals surface area contributed by atoms with Crippen LogP contribution in [0.15, 0.2) is 36.8 Å². The van der Waals surface area contributed by atoms with Gasteiger partial charge in [0.2, 0.25) is 5.78 Å². The van der Waals surface area contributed by atoms with E-state index in [1.807, 2.05) is 6.92 Å². The van der Waals surface area contributed by atoms with E-state index in [2.05, 4.69) is 15.1 Å². The largest absolute Gasteiger partial charge is 0.287 e. The van der Waals surface area contributed by atoms with Crippen LogP contribution in [0, 0.1) is 0 Å². The number of nitrogens with zero attached hydrogens (tertiary/aromatic N) is 4. The molecular formula is C14H11ClN4O. The lowest BCUT2D eigenvalue weighted by Crippen LogP contribution is -2.11. The van der Waals surface area contributed by atoms with Crippen LogP contribution in [0.1, 0.15) is 23.0 Å². The third-order valence-electron chi connectivity index (χ3n) is 3.04. The lowest BCUT2D eigenvalue weighted by atomic mass is 10.1. The van der Waals surface area contributed by atoms with E-state index in [0.717, 1.165) is 5.52 Å². The summed E-state index contributed by atoms with van der Waals surface area (Å²) in [6.07, 6.45) is 4.70. The summed E-state index contributed by atoms with van der Waals surface area (Å²) in [5.74, 6) is -0.165. The fraction of sp³-hybridized carbons (Fsp3) is 0.143. The van der Waals surface area contributed by atoms with Crippen LogP contribution < -0.4 is 0 Å². The van der Waals surface area contributed by atoms with Gasteiger partial charge < -0.3 is 0 Å². The molecule has 0 amide bonds. The lowest BCUT2D eigenvalue weighted by Gasteiger charge is -2.05. The van der Waals surface area contributed by atoms with Gasteiger partial charge in [-0.2, -0.15) is 5.10 Å². The van der Waals surface area contributed by atoms with Gasteiger partial charge in [0, 0.05) is 24.5 Å². The highest BCUT2D eigenvalue weighted by atomic mass is 35.5. The van der Waals surface area contributed by atoms with Gasteiger partial charge >= 0.3 is 0 Å². The Hall–Kier alpha value is -2.27. The molecule has 100 valence electrons. The second-order valence-corrected chi connectivity index (χ2v) is 4.65. The fourth-order valence-electron chi connectivity index (χ4n) is 2.07. The summed E-state index contributed by atoms with van der Waals surface area (Å²) in [5.41, 5.74) is 2.35. The third-order valence-corrected chi connectivity index (χ3v) is 3.32. The van der Waals surface area contributed by atoms with Crippen LogP contribution in [0.4, 0.5) is 0 Å². The van der Waals surface area contributed by atoms with Crippen molar-refractivity contribution in [3.8, 4) is 0 Å². The number of carbonyl (C=O) groups is 1. The molecule has 0 radical (unpaired) electrons. The summed E-state index contributed by atoms with van der Waals surface area (Å²) in [6, 6.07) is 5.22. The van der Waals surface area contributed by atoms with Crippen LogP contribution in [-0.4, -0.2) is 25.5 Å². The first-order valence-corrected chi connectivity index (χ1v) is 6.55. The van der Waals surface area contributed by atoms with Gasteiger partial charge in [-0.15, -0.1) is 0 Å². The van der Waals surface area contributed by atoms with Gasteiger partial charge in [0.15, 0.2) is 0 Å². The summed E-state index contributed by atoms with van der Waals surface area (Å²) in [7, 11) is 0. The molecule has 0 aliphatic carbocycles. The third kappa shape index (κ3) is 2.06. The lowest BCUT2D eigenvalue weighted by molar-refractivity contribution is 0.102. The second-order valence-electron chi connectivity index (χ2n) is 4.25. The standard InChI is InChI=1S/C14H11ClN4O/c1-2-19-13(10(15)8-18-19)14(20)9-3-4-11-12(7-9)17-6-5-16-11/h3-8H,2H2,1H3. The molecule has 0 saturated carbocycles. The molecule has 0 aliphatic rings. The average molecular weight is 287 g/mol. The first-order valence-electron chi connectivity index (χ1n) is 6.17. The topological polar surface area (TPSA) is 60.7 Å². The number of rotatable bonds is 3. The fourth-order valence-corrected chi connectivity index (χ4v) is 2.30. The van der Waals surface area contributed by atoms with Crippen molar-refractivity contribution in [1.82, 2.24) is 19.7 Å². The Bertz CT molecular complexity index is 797. The molecule has 0 saturated heterocycles. The molecule has 2 heterocycles. The van der Waals surface area contributed by atoms with Crippen LogP contribution in [0.5, 0.6) is 0 Å². The van der Waals surface area contributed by atoms with Crippen molar-refractivity contribution in [2.45, 2.75) is 13.5 Å². The molecule has 0 unspecified atom stereocenters. The van der Waals surface area contributed by atoms with Crippen LogP contribution >= 0.6 is 11.6 Å². The monoisotopic (exact) mass is 286 g/mol. The van der Waals surface area contributed by atoms with Crippen molar-refractivity contribution in [3.05, 3.63) is 53.1 Å². The zero-order valence-electron chi connectivity index (χ0n) is 10.7. The molecule has 1 aromatic carbocycles. The van der Waals surface area contributed by atoms with Crippen LogP contribution in [0.3, 0.4) is 0 Å². The first kappa shape index (κ1) is 12.7. The number of aromatic nitrogens is 4. The Morgan fingerprint density at radius 3 is 2.75 bits per heavy atom. The Balaban J connectivity index is 2.10. The minimum atomic E-state index is -0.165. The molecule has 5 nitrogen and oxygen atoms in total. The predicted octanol–water partition coefficient (Wildman–Crippen LogP) is 2.73. The zero-order valence-corrected chi connectivity index (χ0v) is 11.5. The number of carbonyl (C=O) groups excluding carboxylic acids is 1. The average Bonchev–Trinajstić information content (AvgIpc) is 2.87. The summed E-state index contributed by atoms with van der Waals surface area (Å²) >= 11 is 6.05. The van der Waals surface area contributed by atoms with E-state index >= 15 is 0 Å². The van der Waals surface area contributed by atoms with Crippen molar-refractivity contribution < 1.29 is 4.79 Å². The van der Waals surface area contributed by atoms with Crippen molar-refractivity contribution >= 4 is 28.4 Å². The quantitative estimate of drug-likeness (QED) is 0.695. The van der Waals surface area contributed by atoms with Crippen molar-refractivity contribution in [2.24, 2.45) is 0 Å². The van der Waals surface area contributed by atoms with Gasteiger partial charge in [0.25, 0.3) is 0 Å². The van der Waals surface area contributed by atoms with Gasteiger partial charge in [-0.25, -0.2) is 0 Å². The molecule has 0 atom stereocenters. The number of ketones is 1. The number of hydrogen-bond acceptors (Lipinski definition) is 4. The molecule has 0 fully saturated rings. The van der Waals surface area contributed by atoms with Gasteiger partial charge in [-0.05, 0) is 25.1 Å². The molecule has 0 N–H and O–H groups in total. The predicted molar refractivity (Wildman–Crippen MR) is 75.9 cm³/mol. The second kappa shape index (κ2) is 5.02. The van der Waals surface area contributed by atoms with E-state index in [-0.39, 0.29) is 5.78 Å². The maximum atomic E-state index is 12.6. The smallest absolute Gasteiger partial charge is 0.212 e. The molecule has 6 heteroatoms. The SMILES string of the molecule is CCn1ncc(Cl)c1C(=O)c1ccc2nccnc2c1. The Labute approximate surface area is 120 Å². The summed E-state index contributed by atoms with van der Waals surface area (Å²) in [5, 5.41) is 4.44. The molecular weight excluding hydrogens is 276 g/mol. The van der Waals surface area contributed by atoms with Gasteiger partial charge in [0.1, 0.15) is 5.69 Å². The van der Waals surface area contributed by atoms with Gasteiger partial charge in [-0.3, -0.25) is 19.4 Å². The van der Waals surface area contributed by atoms with Crippen LogP contribution in [-0.2, 0) is 6.54 Å². The highest BCUT2D eigenvalue weighted by Crippen LogP contribution is 2.21. The van der Waals surface area contributed by atoms with E-state index in [1.165, 1.54) is 6.20 Å². The molecule has 0 aliphatic heterocycles. The molecule has 3 rings (SSSR count). The molecule has 0 spiro atoms. The number of hydrogen-bond donors (Lipinski definition) is 0. The zero-order chi connectivity index (χ0) is 14.1. The first-order chi connectivity index (χ1) is 9.70. The van der Waals surface area contributed by atoms with Crippen molar-refractivity contribution in [2.75, 3.05) is 0 Å². The molecule has 2 aromatic heterocycles. The Morgan fingerprint density at radius 2 is 2.00 bits per heavy atom. The highest BCUT2D eigenvalue weighted by molar-refractivity contribution is 6.34. The van der Waals surface area contributed by atoms with Crippen LogP contribution in [0.2, 0.25) is 5.02 Å². The molecule has 3 aromatic rings. The number of halogens is 1. The Morgan fingerprint density at radius 1 is 1.25 bits per heavy atom. The van der Waals surface area contributed by atoms with Gasteiger partial charge in [-0.1, -0.05) is 11.6 Å². The van der Waals surface area contributed by atoms with E-state index in [1.54, 1.807) is 35.3 Å². The number of fused-ring (bicyclic) bond motifs is 1. The number of aryl methyl sites for hydroxylation is 1. The van der Waals surface area contributed by atoms with Crippen molar-refractivity contribution in [1.29, 1.82) is 0 Å². The molecule has 20 heavy (non-hydrogen) atoms. The summed E-state index contributed by atoms with van der Waals surface area (Å²) < 4.78 is 1.59. The van der Waals surface area contributed by atoms with Gasteiger partial charge in [0.05, 0.1) is 22.3 Å². The van der Waals surface area contributed by atoms with E-state index in [9.17, 15) is 4.79 Å². The normalized spacial score (nSPS) is 10.9. The maximum absolute atomic E-state index is 12.6. The van der Waals surface area contributed by atoms with E-state index in [4.69, 9.17) is 11.6 Å². The number of benzene rings is 1. The van der Waals surface area contributed by atoms with Crippen LogP contribution in [0.25, 0.3) is 11.0 Å². The maximum Gasteiger partial charge on any atom is 0.212 e. The highest BCUT2D eigenvalue weighted by Gasteiger charge is 2.19. The summed E-state index contributed by atoms with van der Waals surface area (Å²) in [6.45, 7) is 2.49.